The molecule has 2 heterocycles. The van der Waals surface area contributed by atoms with Gasteiger partial charge in [0.2, 0.25) is 0 Å². The van der Waals surface area contributed by atoms with E-state index >= 15 is 0 Å². The Morgan fingerprint density at radius 1 is 1.10 bits per heavy atom. The van der Waals surface area contributed by atoms with Crippen LogP contribution in [0.3, 0.4) is 0 Å². The molecule has 0 saturated carbocycles. The number of hydrogen-bond donors (Lipinski definition) is 3. The Labute approximate surface area is 231 Å². The largest absolute Gasteiger partial charge is 0.492 e. The number of nitrogens with one attached hydrogen (secondary N) is 1. The van der Waals surface area contributed by atoms with Gasteiger partial charge in [-0.1, -0.05) is 19.9 Å². The topological polar surface area (TPSA) is 187 Å². The van der Waals surface area contributed by atoms with Gasteiger partial charge >= 0.3 is 12.0 Å². The molecule has 12 nitrogen and oxygen atoms in total. The van der Waals surface area contributed by atoms with Crippen molar-refractivity contribution in [1.82, 2.24) is 19.9 Å². The van der Waals surface area contributed by atoms with E-state index in [1.807, 2.05) is 13.8 Å². The zero-order valence-electron chi connectivity index (χ0n) is 22.8. The van der Waals surface area contributed by atoms with Gasteiger partial charge in [-0.25, -0.2) is 14.8 Å². The third-order valence-electron chi connectivity index (χ3n) is 5.51. The summed E-state index contributed by atoms with van der Waals surface area (Å²) in [5, 5.41) is 9.41. The number of esters is 1. The standard InChI is InChI=1S/C28H30N8O4/c1-27(2,3)40-24(37)19-10-9-16(13-29)11-20(19)38-14-28(4,5)22-21-23(33-15-32-21)36-26(35-22)39-18-8-6-7-17(12-18)34-25(30)31/h6-12,15H,14H2,1-5H3,(H4,30,31,34)(H,32,33,35,36). The molecular weight excluding hydrogens is 512 g/mol. The van der Waals surface area contributed by atoms with Crippen LogP contribution in [0.25, 0.3) is 11.2 Å². The number of aliphatic imine (C=N–C) groups is 1. The fourth-order valence-electron chi connectivity index (χ4n) is 3.76. The number of nitriles is 1. The summed E-state index contributed by atoms with van der Waals surface area (Å²) in [5.41, 5.74) is 12.2. The number of nitrogens with zero attached hydrogens (tertiary/aromatic N) is 5. The maximum absolute atomic E-state index is 12.9. The highest BCUT2D eigenvalue weighted by Crippen LogP contribution is 2.32. The molecule has 5 N–H and O–H groups in total. The first-order valence-electron chi connectivity index (χ1n) is 12.3. The highest BCUT2D eigenvalue weighted by atomic mass is 16.6. The Morgan fingerprint density at radius 2 is 1.88 bits per heavy atom. The van der Waals surface area contributed by atoms with Crippen molar-refractivity contribution in [2.24, 2.45) is 16.5 Å². The molecule has 206 valence electrons. The van der Waals surface area contributed by atoms with E-state index in [-0.39, 0.29) is 29.9 Å². The number of hydrogen-bond acceptors (Lipinski definition) is 9. The van der Waals surface area contributed by atoms with Crippen molar-refractivity contribution >= 4 is 28.8 Å². The van der Waals surface area contributed by atoms with E-state index in [1.54, 1.807) is 51.1 Å². The second-order valence-corrected chi connectivity index (χ2v) is 10.6. The zero-order chi connectivity index (χ0) is 29.1. The van der Waals surface area contributed by atoms with Crippen molar-refractivity contribution in [1.29, 1.82) is 5.26 Å². The summed E-state index contributed by atoms with van der Waals surface area (Å²) in [7, 11) is 0. The summed E-state index contributed by atoms with van der Waals surface area (Å²) in [6.45, 7) is 9.25. The van der Waals surface area contributed by atoms with Gasteiger partial charge in [-0.05, 0) is 51.1 Å². The number of imidazole rings is 1. The van der Waals surface area contributed by atoms with Gasteiger partial charge in [0.25, 0.3) is 0 Å². The first-order valence-corrected chi connectivity index (χ1v) is 12.3. The Bertz CT molecular complexity index is 1630. The number of carbonyl (C=O) groups is 1. The molecule has 0 aliphatic heterocycles. The van der Waals surface area contributed by atoms with E-state index in [9.17, 15) is 10.1 Å². The number of nitrogens with two attached hydrogens (primary N) is 2. The van der Waals surface area contributed by atoms with Crippen molar-refractivity contribution in [2.75, 3.05) is 6.61 Å². The molecule has 0 amide bonds. The van der Waals surface area contributed by atoms with E-state index in [1.165, 1.54) is 18.5 Å². The van der Waals surface area contributed by atoms with Gasteiger partial charge in [-0.3, -0.25) is 0 Å². The summed E-state index contributed by atoms with van der Waals surface area (Å²) in [4.78, 5) is 33.3. The molecular formula is C28H30N8O4. The van der Waals surface area contributed by atoms with Crippen LogP contribution in [0, 0.1) is 11.3 Å². The molecule has 0 spiro atoms. The van der Waals surface area contributed by atoms with Crippen LogP contribution in [0.2, 0.25) is 0 Å². The second kappa shape index (κ2) is 10.9. The molecule has 12 heteroatoms. The van der Waals surface area contributed by atoms with Crippen LogP contribution in [0.15, 0.2) is 53.8 Å². The minimum Gasteiger partial charge on any atom is -0.492 e. The van der Waals surface area contributed by atoms with Gasteiger partial charge in [-0.15, -0.1) is 0 Å². The number of guanidine groups is 1. The second-order valence-electron chi connectivity index (χ2n) is 10.6. The molecule has 0 atom stereocenters. The number of fused-ring (bicyclic) bond motifs is 1. The number of H-pyrrole nitrogens is 1. The zero-order valence-corrected chi connectivity index (χ0v) is 22.8. The lowest BCUT2D eigenvalue weighted by Crippen LogP contribution is -2.29. The first kappa shape index (κ1) is 27.8. The molecule has 0 unspecified atom stereocenters. The summed E-state index contributed by atoms with van der Waals surface area (Å²) >= 11 is 0. The molecule has 0 aliphatic rings. The molecule has 4 rings (SSSR count). The van der Waals surface area contributed by atoms with Crippen LogP contribution < -0.4 is 20.9 Å². The smallest absolute Gasteiger partial charge is 0.342 e. The molecule has 0 fully saturated rings. The molecule has 2 aromatic carbocycles. The van der Waals surface area contributed by atoms with Gasteiger partial charge < -0.3 is 30.7 Å². The van der Waals surface area contributed by atoms with Gasteiger partial charge in [0.1, 0.15) is 28.2 Å². The molecule has 0 saturated heterocycles. The molecule has 4 aromatic rings. The highest BCUT2D eigenvalue weighted by Gasteiger charge is 2.30. The summed E-state index contributed by atoms with van der Waals surface area (Å²) in [5.74, 6) is 0.0176. The minimum absolute atomic E-state index is 0.0606. The number of rotatable bonds is 8. The van der Waals surface area contributed by atoms with Gasteiger partial charge in [0.15, 0.2) is 11.6 Å². The Hall–Kier alpha value is -5.18. The molecule has 40 heavy (non-hydrogen) atoms. The summed E-state index contributed by atoms with van der Waals surface area (Å²) < 4.78 is 17.6. The molecule has 0 radical (unpaired) electrons. The fourth-order valence-corrected chi connectivity index (χ4v) is 3.76. The normalized spacial score (nSPS) is 11.5. The molecule has 0 aliphatic carbocycles. The average molecular weight is 543 g/mol. The Balaban J connectivity index is 1.65. The quantitative estimate of drug-likeness (QED) is 0.165. The van der Waals surface area contributed by atoms with Crippen LogP contribution in [-0.4, -0.2) is 44.1 Å². The number of carbonyl (C=O) groups excluding carboxylic acids is 1. The van der Waals surface area contributed by atoms with Gasteiger partial charge in [0.05, 0.1) is 35.9 Å². The monoisotopic (exact) mass is 542 g/mol. The van der Waals surface area contributed by atoms with Gasteiger partial charge in [0, 0.05) is 11.5 Å². The van der Waals surface area contributed by atoms with E-state index in [0.29, 0.717) is 33.9 Å². The van der Waals surface area contributed by atoms with Crippen LogP contribution in [0.5, 0.6) is 17.5 Å². The van der Waals surface area contributed by atoms with E-state index in [2.05, 4.69) is 31.0 Å². The number of aromatic nitrogens is 4. The minimum atomic E-state index is -0.736. The van der Waals surface area contributed by atoms with Crippen LogP contribution >= 0.6 is 0 Å². The average Bonchev–Trinajstić information content (AvgIpc) is 3.34. The third-order valence-corrected chi connectivity index (χ3v) is 5.51. The van der Waals surface area contributed by atoms with Crippen LogP contribution in [0.1, 0.15) is 56.2 Å². The van der Waals surface area contributed by atoms with Crippen LogP contribution in [-0.2, 0) is 10.2 Å². The van der Waals surface area contributed by atoms with Gasteiger partial charge in [-0.2, -0.15) is 15.2 Å². The number of aromatic amines is 1. The van der Waals surface area contributed by atoms with Crippen molar-refractivity contribution in [3.05, 3.63) is 65.6 Å². The van der Waals surface area contributed by atoms with E-state index < -0.39 is 17.0 Å². The first-order chi connectivity index (χ1) is 18.8. The molecule has 2 aromatic heterocycles. The highest BCUT2D eigenvalue weighted by molar-refractivity contribution is 5.93. The van der Waals surface area contributed by atoms with Crippen LogP contribution in [0.4, 0.5) is 5.69 Å². The predicted octanol–water partition coefficient (Wildman–Crippen LogP) is 4.23. The molecule has 0 bridgehead atoms. The third kappa shape index (κ3) is 6.63. The predicted molar refractivity (Wildman–Crippen MR) is 149 cm³/mol. The maximum Gasteiger partial charge on any atom is 0.342 e. The maximum atomic E-state index is 12.9. The number of benzene rings is 2. The lowest BCUT2D eigenvalue weighted by Gasteiger charge is -2.26. The summed E-state index contributed by atoms with van der Waals surface area (Å²) in [6, 6.07) is 13.5. The lowest BCUT2D eigenvalue weighted by atomic mass is 9.89. The van der Waals surface area contributed by atoms with E-state index in [4.69, 9.17) is 25.7 Å². The lowest BCUT2D eigenvalue weighted by molar-refractivity contribution is 0.00650. The van der Waals surface area contributed by atoms with Crippen molar-refractivity contribution in [3.63, 3.8) is 0 Å². The van der Waals surface area contributed by atoms with Crippen molar-refractivity contribution in [3.8, 4) is 23.6 Å². The summed E-state index contributed by atoms with van der Waals surface area (Å²) in [6.07, 6.45) is 1.51. The SMILES string of the molecule is CC(C)(C)OC(=O)c1ccc(C#N)cc1OCC(C)(C)c1nc(Oc2cccc(N=C(N)N)c2)nc2nc[nH]c12. The van der Waals surface area contributed by atoms with Crippen molar-refractivity contribution < 1.29 is 19.0 Å². The van der Waals surface area contributed by atoms with Crippen molar-refractivity contribution in [2.45, 2.75) is 45.6 Å². The fraction of sp³-hybridized carbons (Fsp3) is 0.286. The number of ether oxygens (including phenoxy) is 3. The Kier molecular flexibility index (Phi) is 7.59. The van der Waals surface area contributed by atoms with E-state index in [0.717, 1.165) is 0 Å². The Morgan fingerprint density at radius 3 is 2.58 bits per heavy atom.